The van der Waals surface area contributed by atoms with Crippen LogP contribution in [0.2, 0.25) is 0 Å². The van der Waals surface area contributed by atoms with E-state index in [1.165, 1.54) is 54.8 Å². The molecule has 0 N–H and O–H groups in total. The predicted molar refractivity (Wildman–Crippen MR) is 350 cm³/mol. The zero-order chi connectivity index (χ0) is 56.9. The summed E-state index contributed by atoms with van der Waals surface area (Å²) in [6, 6.07) is 86.9. The second kappa shape index (κ2) is 19.8. The Morgan fingerprint density at radius 2 is 0.718 bits per heavy atom. The summed E-state index contributed by atoms with van der Waals surface area (Å²) >= 11 is 0. The van der Waals surface area contributed by atoms with Crippen LogP contribution in [0.3, 0.4) is 0 Å². The van der Waals surface area contributed by atoms with E-state index in [0.717, 1.165) is 100 Å². The van der Waals surface area contributed by atoms with Crippen LogP contribution in [0.5, 0.6) is 0 Å². The number of aromatic nitrogens is 8. The van der Waals surface area contributed by atoms with Crippen molar-refractivity contribution in [2.24, 2.45) is 0 Å². The summed E-state index contributed by atoms with van der Waals surface area (Å²) in [5.41, 5.74) is 21.9. The molecule has 0 saturated carbocycles. The third kappa shape index (κ3) is 8.32. The fraction of sp³-hybridized carbons (Fsp3) is 0.0519. The minimum absolute atomic E-state index is 0.559. The molecule has 0 atom stereocenters. The summed E-state index contributed by atoms with van der Waals surface area (Å²) in [5, 5.41) is 7.16. The maximum atomic E-state index is 5.92. The van der Waals surface area contributed by atoms with Crippen LogP contribution in [-0.4, -0.2) is 38.6 Å². The van der Waals surface area contributed by atoms with Gasteiger partial charge in [-0.05, 0) is 135 Å². The van der Waals surface area contributed by atoms with Crippen LogP contribution < -0.4 is 0 Å². The standard InChI is InChI=1S/C77H54N8/c1-47-23-35-68-61(41-47)62-42-48(2)24-36-69(62)83(68)55-31-27-51(28-32-55)66-45-65(57-19-11-12-21-60(57)76-81-74(53-15-7-5-8-16-53)80-75(82-76)54-17-9-6-10-18-54)73(77(79-66)85-67-22-14-13-20-58(67)59-39-40-78-46-72(59)85)52-29-33-56(34-30-52)84-70-37-25-49(3)43-63(70)64-44-50(4)26-38-71(64)84/h5-46H,1-4H3. The third-order valence-electron chi connectivity index (χ3n) is 16.8. The molecule has 0 radical (unpaired) electrons. The second-order valence-electron chi connectivity index (χ2n) is 22.4. The first-order chi connectivity index (χ1) is 41.8. The smallest absolute Gasteiger partial charge is 0.164 e. The van der Waals surface area contributed by atoms with Gasteiger partial charge >= 0.3 is 0 Å². The van der Waals surface area contributed by atoms with E-state index >= 15 is 0 Å². The quantitative estimate of drug-likeness (QED) is 0.144. The van der Waals surface area contributed by atoms with E-state index in [0.29, 0.717) is 17.5 Å². The van der Waals surface area contributed by atoms with E-state index in [-0.39, 0.29) is 0 Å². The van der Waals surface area contributed by atoms with E-state index in [1.807, 2.05) is 48.8 Å². The van der Waals surface area contributed by atoms with Crippen molar-refractivity contribution in [3.8, 4) is 84.9 Å². The van der Waals surface area contributed by atoms with Gasteiger partial charge in [0.2, 0.25) is 0 Å². The van der Waals surface area contributed by atoms with Crippen LogP contribution in [0.25, 0.3) is 150 Å². The Hall–Kier alpha value is -11.1. The van der Waals surface area contributed by atoms with Crippen molar-refractivity contribution < 1.29 is 0 Å². The van der Waals surface area contributed by atoms with Crippen LogP contribution in [-0.2, 0) is 0 Å². The number of aryl methyl sites for hydroxylation is 4. The van der Waals surface area contributed by atoms with Gasteiger partial charge in [-0.25, -0.2) is 19.9 Å². The summed E-state index contributed by atoms with van der Waals surface area (Å²) < 4.78 is 7.09. The fourth-order valence-corrected chi connectivity index (χ4v) is 12.8. The Bertz CT molecular complexity index is 5090. The molecule has 0 saturated heterocycles. The van der Waals surface area contributed by atoms with Crippen molar-refractivity contribution in [3.63, 3.8) is 0 Å². The van der Waals surface area contributed by atoms with E-state index in [2.05, 4.69) is 248 Å². The van der Waals surface area contributed by atoms with Crippen LogP contribution in [0.15, 0.2) is 255 Å². The molecule has 16 aromatic rings. The van der Waals surface area contributed by atoms with Crippen molar-refractivity contribution in [2.75, 3.05) is 0 Å². The van der Waals surface area contributed by atoms with Crippen molar-refractivity contribution in [2.45, 2.75) is 27.7 Å². The van der Waals surface area contributed by atoms with Crippen molar-refractivity contribution in [1.82, 2.24) is 38.6 Å². The number of pyridine rings is 2. The monoisotopic (exact) mass is 1090 g/mol. The highest BCUT2D eigenvalue weighted by Gasteiger charge is 2.26. The molecular formula is C77H54N8. The van der Waals surface area contributed by atoms with Crippen molar-refractivity contribution >= 4 is 65.4 Å². The summed E-state index contributed by atoms with van der Waals surface area (Å²) in [5.74, 6) is 2.50. The molecule has 6 aromatic heterocycles. The van der Waals surface area contributed by atoms with Crippen LogP contribution in [0, 0.1) is 27.7 Å². The zero-order valence-corrected chi connectivity index (χ0v) is 47.3. The highest BCUT2D eigenvalue weighted by Crippen LogP contribution is 2.46. The van der Waals surface area contributed by atoms with Gasteiger partial charge in [0.05, 0.1) is 45.0 Å². The first-order valence-electron chi connectivity index (χ1n) is 28.9. The van der Waals surface area contributed by atoms with E-state index in [1.54, 1.807) is 0 Å². The average Bonchev–Trinajstić information content (AvgIpc) is 1.95. The number of hydrogen-bond acceptors (Lipinski definition) is 5. The molecule has 8 heteroatoms. The minimum atomic E-state index is 0.559. The van der Waals surface area contributed by atoms with Gasteiger partial charge in [0.1, 0.15) is 5.82 Å². The molecule has 0 aliphatic rings. The number of rotatable bonds is 9. The third-order valence-corrected chi connectivity index (χ3v) is 16.8. The molecule has 0 unspecified atom stereocenters. The van der Waals surface area contributed by atoms with Gasteiger partial charge in [-0.15, -0.1) is 0 Å². The molecule has 0 bridgehead atoms. The topological polar surface area (TPSA) is 79.2 Å². The van der Waals surface area contributed by atoms with Crippen LogP contribution in [0.1, 0.15) is 22.3 Å². The Labute approximate surface area is 491 Å². The first kappa shape index (κ1) is 49.7. The lowest BCUT2D eigenvalue weighted by Gasteiger charge is -2.21. The second-order valence-corrected chi connectivity index (χ2v) is 22.4. The summed E-state index contributed by atoms with van der Waals surface area (Å²) in [4.78, 5) is 26.5. The number of fused-ring (bicyclic) bond motifs is 9. The number of para-hydroxylation sites is 1. The summed E-state index contributed by atoms with van der Waals surface area (Å²) in [7, 11) is 0. The van der Waals surface area contributed by atoms with Gasteiger partial charge in [-0.2, -0.15) is 0 Å². The lowest BCUT2D eigenvalue weighted by Crippen LogP contribution is -2.06. The minimum Gasteiger partial charge on any atom is -0.309 e. The van der Waals surface area contributed by atoms with Gasteiger partial charge in [0, 0.05) is 77.7 Å². The van der Waals surface area contributed by atoms with E-state index < -0.39 is 0 Å². The SMILES string of the molecule is Cc1ccc2c(c1)c1cc(C)ccc1n2-c1ccc(-c2cc(-c3ccccc3-c3nc(-c4ccccc4)nc(-c4ccccc4)n3)c(-c3ccc(-n4c5ccc(C)cc5c5cc(C)ccc54)cc3)c(-n3c4ccccc4c4ccncc43)n2)cc1. The molecule has 402 valence electrons. The van der Waals surface area contributed by atoms with Gasteiger partial charge in [-0.3, -0.25) is 9.55 Å². The molecular weight excluding hydrogens is 1040 g/mol. The molecule has 6 heterocycles. The molecule has 16 rings (SSSR count). The average molecular weight is 1090 g/mol. The summed E-state index contributed by atoms with van der Waals surface area (Å²) in [6.07, 6.45) is 3.85. The van der Waals surface area contributed by atoms with Crippen LogP contribution in [0.4, 0.5) is 0 Å². The van der Waals surface area contributed by atoms with Gasteiger partial charge < -0.3 is 9.13 Å². The molecule has 10 aromatic carbocycles. The predicted octanol–water partition coefficient (Wildman–Crippen LogP) is 19.2. The van der Waals surface area contributed by atoms with Gasteiger partial charge in [0.15, 0.2) is 17.5 Å². The largest absolute Gasteiger partial charge is 0.309 e. The molecule has 0 fully saturated rings. The lowest BCUT2D eigenvalue weighted by atomic mass is 9.90. The normalized spacial score (nSPS) is 11.8. The Morgan fingerprint density at radius 1 is 0.282 bits per heavy atom. The molecule has 0 amide bonds. The molecule has 8 nitrogen and oxygen atoms in total. The highest BCUT2D eigenvalue weighted by atomic mass is 15.1. The van der Waals surface area contributed by atoms with Crippen LogP contribution >= 0.6 is 0 Å². The maximum Gasteiger partial charge on any atom is 0.164 e. The maximum absolute atomic E-state index is 5.92. The Kier molecular flexibility index (Phi) is 11.6. The fourth-order valence-electron chi connectivity index (χ4n) is 12.8. The first-order valence-corrected chi connectivity index (χ1v) is 28.9. The highest BCUT2D eigenvalue weighted by molar-refractivity contribution is 6.12. The van der Waals surface area contributed by atoms with Crippen molar-refractivity contribution in [3.05, 3.63) is 277 Å². The molecule has 0 aliphatic heterocycles. The molecule has 85 heavy (non-hydrogen) atoms. The van der Waals surface area contributed by atoms with E-state index in [4.69, 9.17) is 24.9 Å². The zero-order valence-electron chi connectivity index (χ0n) is 47.3. The Morgan fingerprint density at radius 3 is 1.25 bits per heavy atom. The van der Waals surface area contributed by atoms with E-state index in [9.17, 15) is 0 Å². The number of nitrogens with zero attached hydrogens (tertiary/aromatic N) is 8. The number of benzene rings is 10. The summed E-state index contributed by atoms with van der Waals surface area (Å²) in [6.45, 7) is 8.67. The van der Waals surface area contributed by atoms with Gasteiger partial charge in [-0.1, -0.05) is 174 Å². The Balaban J connectivity index is 0.977. The lowest BCUT2D eigenvalue weighted by molar-refractivity contribution is 1.07. The molecule has 0 aliphatic carbocycles. The molecule has 0 spiro atoms. The van der Waals surface area contributed by atoms with Gasteiger partial charge in [0.25, 0.3) is 0 Å². The van der Waals surface area contributed by atoms with Crippen molar-refractivity contribution in [1.29, 1.82) is 0 Å². The number of hydrogen-bond donors (Lipinski definition) is 0.